The predicted molar refractivity (Wildman–Crippen MR) is 248 cm³/mol. The summed E-state index contributed by atoms with van der Waals surface area (Å²) in [6.45, 7) is 4.34. The van der Waals surface area contributed by atoms with Crippen molar-refractivity contribution >= 4 is 43.7 Å². The Morgan fingerprint density at radius 2 is 0.831 bits per heavy atom. The van der Waals surface area contributed by atoms with Crippen LogP contribution in [-0.2, 0) is 0 Å². The first-order chi connectivity index (χ1) is 29.0. The van der Waals surface area contributed by atoms with Crippen LogP contribution < -0.4 is 0 Å². The van der Waals surface area contributed by atoms with Crippen molar-refractivity contribution in [3.8, 4) is 39.1 Å². The average molecular weight is 756 g/mol. The van der Waals surface area contributed by atoms with Gasteiger partial charge in [0.25, 0.3) is 0 Å². The largest absolute Gasteiger partial charge is 0.456 e. The molecule has 11 aromatic rings. The smallest absolute Gasteiger partial charge is 0.135 e. The van der Waals surface area contributed by atoms with Crippen molar-refractivity contribution in [2.45, 2.75) is 19.8 Å². The van der Waals surface area contributed by atoms with Crippen molar-refractivity contribution in [3.63, 3.8) is 0 Å². The van der Waals surface area contributed by atoms with Crippen molar-refractivity contribution in [2.24, 2.45) is 0 Å². The molecule has 0 aliphatic heterocycles. The quantitative estimate of drug-likeness (QED) is 0.148. The first kappa shape index (κ1) is 34.8. The van der Waals surface area contributed by atoms with E-state index >= 15 is 0 Å². The topological polar surface area (TPSA) is 18.1 Å². The Bertz CT molecular complexity index is 3310. The number of aryl methyl sites for hydroxylation is 2. The molecule has 2 heterocycles. The van der Waals surface area contributed by atoms with E-state index < -0.39 is 0 Å². The fourth-order valence-corrected chi connectivity index (χ4v) is 9.08. The molecule has 9 aromatic carbocycles. The van der Waals surface area contributed by atoms with Crippen LogP contribution in [0.25, 0.3) is 82.8 Å². The molecule has 1 atom stereocenters. The van der Waals surface area contributed by atoms with E-state index in [1.807, 2.05) is 12.1 Å². The Kier molecular flexibility index (Phi) is 8.37. The maximum absolute atomic E-state index is 6.13. The number of para-hydroxylation sites is 1. The lowest BCUT2D eigenvalue weighted by Gasteiger charge is -2.20. The SMILES string of the molecule is Cc1cccc(-n2c3ccc(C)cc3c3cc(-c4ccc(C(c5ccc(-c6ccccc6)cc5)c5ccc(-c6ccc7oc8ccccc8c7c6)cc5)cc4)ccc32)c1. The van der Waals surface area contributed by atoms with Gasteiger partial charge in [0.05, 0.1) is 11.0 Å². The molecule has 11 rings (SSSR count). The summed E-state index contributed by atoms with van der Waals surface area (Å²) in [7, 11) is 0. The normalized spacial score (nSPS) is 12.2. The summed E-state index contributed by atoms with van der Waals surface area (Å²) in [6, 6.07) is 75.4. The Hall–Kier alpha value is -7.42. The molecule has 0 aliphatic rings. The van der Waals surface area contributed by atoms with Crippen LogP contribution in [-0.4, -0.2) is 4.57 Å². The van der Waals surface area contributed by atoms with Crippen LogP contribution in [0.2, 0.25) is 0 Å². The zero-order valence-electron chi connectivity index (χ0n) is 33.1. The Labute approximate surface area is 344 Å². The maximum atomic E-state index is 6.13. The number of rotatable bonds is 7. The van der Waals surface area contributed by atoms with E-state index in [1.165, 1.54) is 88.7 Å². The number of hydrogen-bond donors (Lipinski definition) is 0. The molecular formula is C57H41NO. The van der Waals surface area contributed by atoms with Crippen molar-refractivity contribution in [3.05, 3.63) is 234 Å². The first-order valence-corrected chi connectivity index (χ1v) is 20.4. The summed E-state index contributed by atoms with van der Waals surface area (Å²) in [4.78, 5) is 0. The van der Waals surface area contributed by atoms with E-state index in [2.05, 4.69) is 213 Å². The number of benzene rings is 9. The van der Waals surface area contributed by atoms with Crippen molar-refractivity contribution < 1.29 is 4.42 Å². The fourth-order valence-electron chi connectivity index (χ4n) is 9.08. The lowest BCUT2D eigenvalue weighted by atomic mass is 9.83. The van der Waals surface area contributed by atoms with Crippen molar-refractivity contribution in [1.82, 2.24) is 4.57 Å². The molecule has 0 fully saturated rings. The molecule has 0 bridgehead atoms. The van der Waals surface area contributed by atoms with Gasteiger partial charge in [-0.3, -0.25) is 0 Å². The number of furan rings is 1. The Morgan fingerprint density at radius 3 is 1.49 bits per heavy atom. The lowest BCUT2D eigenvalue weighted by Crippen LogP contribution is -2.03. The number of hydrogen-bond acceptors (Lipinski definition) is 1. The highest BCUT2D eigenvalue weighted by atomic mass is 16.3. The maximum Gasteiger partial charge on any atom is 0.135 e. The highest BCUT2D eigenvalue weighted by Crippen LogP contribution is 2.39. The van der Waals surface area contributed by atoms with Gasteiger partial charge in [0, 0.05) is 33.2 Å². The average Bonchev–Trinajstić information content (AvgIpc) is 3.82. The van der Waals surface area contributed by atoms with Crippen LogP contribution in [0.1, 0.15) is 33.7 Å². The van der Waals surface area contributed by atoms with Gasteiger partial charge in [0.2, 0.25) is 0 Å². The van der Waals surface area contributed by atoms with Gasteiger partial charge in [-0.05, 0) is 124 Å². The zero-order valence-corrected chi connectivity index (χ0v) is 33.1. The molecule has 2 aromatic heterocycles. The Morgan fingerprint density at radius 1 is 0.339 bits per heavy atom. The minimum Gasteiger partial charge on any atom is -0.456 e. The van der Waals surface area contributed by atoms with Crippen LogP contribution in [0, 0.1) is 13.8 Å². The van der Waals surface area contributed by atoms with Gasteiger partial charge in [-0.15, -0.1) is 0 Å². The van der Waals surface area contributed by atoms with Gasteiger partial charge in [-0.25, -0.2) is 0 Å². The third-order valence-corrected chi connectivity index (χ3v) is 12.1. The molecule has 59 heavy (non-hydrogen) atoms. The number of nitrogens with zero attached hydrogens (tertiary/aromatic N) is 1. The number of aromatic nitrogens is 1. The van der Waals surface area contributed by atoms with Crippen LogP contribution in [0.15, 0.2) is 211 Å². The second-order valence-corrected chi connectivity index (χ2v) is 15.9. The standard InChI is InChI=1S/C57H41NO/c1-37-9-8-12-48(33-37)58-53-30-15-38(2)34-50(53)51-35-46(28-31-54(51)58)41-18-24-44(25-19-41)57(43-22-16-40(17-23-43)39-10-4-3-5-11-39)45-26-20-42(21-27-45)47-29-32-56-52(36-47)49-13-6-7-14-55(49)59-56/h3-36,57H,1-2H3. The van der Waals surface area contributed by atoms with Crippen LogP contribution in [0.4, 0.5) is 0 Å². The molecule has 0 saturated heterocycles. The highest BCUT2D eigenvalue weighted by Gasteiger charge is 2.19. The second kappa shape index (κ2) is 14.2. The lowest BCUT2D eigenvalue weighted by molar-refractivity contribution is 0.669. The summed E-state index contributed by atoms with van der Waals surface area (Å²) in [5, 5.41) is 4.83. The minimum absolute atomic E-state index is 0.0565. The molecule has 0 saturated carbocycles. The molecule has 2 heteroatoms. The van der Waals surface area contributed by atoms with Crippen molar-refractivity contribution in [1.29, 1.82) is 0 Å². The van der Waals surface area contributed by atoms with Gasteiger partial charge in [0.15, 0.2) is 0 Å². The second-order valence-electron chi connectivity index (χ2n) is 15.9. The predicted octanol–water partition coefficient (Wildman–Crippen LogP) is 15.5. The summed E-state index contributed by atoms with van der Waals surface area (Å²) in [5.74, 6) is 0.0565. The zero-order chi connectivity index (χ0) is 39.5. The summed E-state index contributed by atoms with van der Waals surface area (Å²) in [6.07, 6.45) is 0. The molecule has 0 amide bonds. The van der Waals surface area contributed by atoms with Crippen LogP contribution in [0.3, 0.4) is 0 Å². The Balaban J connectivity index is 0.975. The van der Waals surface area contributed by atoms with E-state index in [-0.39, 0.29) is 5.92 Å². The van der Waals surface area contributed by atoms with Crippen molar-refractivity contribution in [2.75, 3.05) is 0 Å². The van der Waals surface area contributed by atoms with Gasteiger partial charge in [0.1, 0.15) is 11.2 Å². The van der Waals surface area contributed by atoms with Gasteiger partial charge in [-0.2, -0.15) is 0 Å². The molecule has 0 spiro atoms. The first-order valence-electron chi connectivity index (χ1n) is 20.4. The van der Waals surface area contributed by atoms with Crippen LogP contribution in [0.5, 0.6) is 0 Å². The summed E-state index contributed by atoms with van der Waals surface area (Å²) in [5.41, 5.74) is 19.0. The van der Waals surface area contributed by atoms with Gasteiger partial charge >= 0.3 is 0 Å². The molecule has 2 nitrogen and oxygen atoms in total. The highest BCUT2D eigenvalue weighted by molar-refractivity contribution is 6.11. The van der Waals surface area contributed by atoms with E-state index in [9.17, 15) is 0 Å². The van der Waals surface area contributed by atoms with Gasteiger partial charge < -0.3 is 8.98 Å². The molecule has 0 N–H and O–H groups in total. The van der Waals surface area contributed by atoms with E-state index in [1.54, 1.807) is 0 Å². The fraction of sp³-hybridized carbons (Fsp3) is 0.0526. The van der Waals surface area contributed by atoms with E-state index in [0.717, 1.165) is 21.9 Å². The molecule has 0 aliphatic carbocycles. The monoisotopic (exact) mass is 755 g/mol. The summed E-state index contributed by atoms with van der Waals surface area (Å²) < 4.78 is 8.53. The molecule has 280 valence electrons. The molecule has 1 unspecified atom stereocenters. The third kappa shape index (κ3) is 6.22. The van der Waals surface area contributed by atoms with Gasteiger partial charge in [-0.1, -0.05) is 157 Å². The number of fused-ring (bicyclic) bond motifs is 6. The molecule has 0 radical (unpaired) electrons. The van der Waals surface area contributed by atoms with E-state index in [4.69, 9.17) is 4.42 Å². The van der Waals surface area contributed by atoms with E-state index in [0.29, 0.717) is 0 Å². The minimum atomic E-state index is 0.0565. The summed E-state index contributed by atoms with van der Waals surface area (Å²) >= 11 is 0. The third-order valence-electron chi connectivity index (χ3n) is 12.1. The van der Waals surface area contributed by atoms with Crippen LogP contribution >= 0.6 is 0 Å². The molecular weight excluding hydrogens is 715 g/mol.